The Morgan fingerprint density at radius 2 is 2.04 bits per heavy atom. The fraction of sp³-hybridized carbons (Fsp3) is 0.667. The Kier molecular flexibility index (Phi) is 5.49. The molecule has 0 spiro atoms. The molecule has 5 heteroatoms. The van der Waals surface area contributed by atoms with E-state index >= 15 is 0 Å². The van der Waals surface area contributed by atoms with Gasteiger partial charge in [0.1, 0.15) is 0 Å². The highest BCUT2D eigenvalue weighted by Gasteiger charge is 2.31. The summed E-state index contributed by atoms with van der Waals surface area (Å²) in [6.07, 6.45) is 6.24. The SMILES string of the molecule is COc1c(Br)cc(C2CC(CN)CN2C)cc1OC1CCCC1. The van der Waals surface area contributed by atoms with Crippen LogP contribution in [0.4, 0.5) is 0 Å². The molecular weight excluding hydrogens is 356 g/mol. The number of halogens is 1. The zero-order valence-corrected chi connectivity index (χ0v) is 15.6. The molecule has 2 fully saturated rings. The van der Waals surface area contributed by atoms with E-state index in [9.17, 15) is 0 Å². The lowest BCUT2D eigenvalue weighted by atomic mass is 9.99. The molecule has 2 aliphatic rings. The zero-order chi connectivity index (χ0) is 16.4. The number of hydrogen-bond acceptors (Lipinski definition) is 4. The molecule has 1 aromatic carbocycles. The normalized spacial score (nSPS) is 25.9. The number of methoxy groups -OCH3 is 1. The summed E-state index contributed by atoms with van der Waals surface area (Å²) < 4.78 is 12.8. The molecule has 128 valence electrons. The first-order valence-electron chi connectivity index (χ1n) is 8.56. The predicted molar refractivity (Wildman–Crippen MR) is 96.1 cm³/mol. The van der Waals surface area contributed by atoms with Crippen LogP contribution in [0.2, 0.25) is 0 Å². The van der Waals surface area contributed by atoms with E-state index in [0.29, 0.717) is 18.1 Å². The van der Waals surface area contributed by atoms with Gasteiger partial charge in [-0.25, -0.2) is 0 Å². The van der Waals surface area contributed by atoms with Crippen LogP contribution in [0.1, 0.15) is 43.7 Å². The second kappa shape index (κ2) is 7.41. The number of hydrogen-bond donors (Lipinski definition) is 1. The topological polar surface area (TPSA) is 47.7 Å². The first-order valence-corrected chi connectivity index (χ1v) is 9.36. The maximum absolute atomic E-state index is 6.27. The smallest absolute Gasteiger partial charge is 0.174 e. The van der Waals surface area contributed by atoms with E-state index < -0.39 is 0 Å². The lowest BCUT2D eigenvalue weighted by Crippen LogP contribution is -2.20. The lowest BCUT2D eigenvalue weighted by Gasteiger charge is -2.23. The second-order valence-corrected chi connectivity index (χ2v) is 7.71. The van der Waals surface area contributed by atoms with Gasteiger partial charge < -0.3 is 15.2 Å². The van der Waals surface area contributed by atoms with Gasteiger partial charge >= 0.3 is 0 Å². The Balaban J connectivity index is 1.87. The second-order valence-electron chi connectivity index (χ2n) is 6.85. The van der Waals surface area contributed by atoms with Gasteiger partial charge in [-0.15, -0.1) is 0 Å². The molecule has 3 rings (SSSR count). The number of nitrogens with zero attached hydrogens (tertiary/aromatic N) is 1. The number of ether oxygens (including phenoxy) is 2. The Morgan fingerprint density at radius 1 is 1.30 bits per heavy atom. The van der Waals surface area contributed by atoms with Gasteiger partial charge in [-0.1, -0.05) is 0 Å². The van der Waals surface area contributed by atoms with Gasteiger partial charge in [-0.2, -0.15) is 0 Å². The van der Waals surface area contributed by atoms with Crippen molar-refractivity contribution < 1.29 is 9.47 Å². The van der Waals surface area contributed by atoms with E-state index in [0.717, 1.165) is 48.3 Å². The van der Waals surface area contributed by atoms with Gasteiger partial charge in [-0.05, 0) is 85.2 Å². The first kappa shape index (κ1) is 17.1. The largest absolute Gasteiger partial charge is 0.492 e. The van der Waals surface area contributed by atoms with Crippen LogP contribution in [-0.2, 0) is 0 Å². The molecule has 1 heterocycles. The van der Waals surface area contributed by atoms with Gasteiger partial charge in [0.25, 0.3) is 0 Å². The quantitative estimate of drug-likeness (QED) is 0.842. The zero-order valence-electron chi connectivity index (χ0n) is 14.1. The molecule has 2 unspecified atom stereocenters. The monoisotopic (exact) mass is 382 g/mol. The first-order chi connectivity index (χ1) is 11.1. The molecule has 1 aliphatic heterocycles. The van der Waals surface area contributed by atoms with Crippen LogP contribution in [0.5, 0.6) is 11.5 Å². The Labute approximate surface area is 147 Å². The predicted octanol–water partition coefficient (Wildman–Crippen LogP) is 3.73. The highest BCUT2D eigenvalue weighted by molar-refractivity contribution is 9.10. The highest BCUT2D eigenvalue weighted by Crippen LogP contribution is 2.43. The molecule has 4 nitrogen and oxygen atoms in total. The van der Waals surface area contributed by atoms with Crippen LogP contribution < -0.4 is 15.2 Å². The van der Waals surface area contributed by atoms with Gasteiger partial charge in [0.05, 0.1) is 17.7 Å². The van der Waals surface area contributed by atoms with E-state index in [4.69, 9.17) is 15.2 Å². The molecule has 0 aromatic heterocycles. The van der Waals surface area contributed by atoms with Crippen LogP contribution in [-0.4, -0.2) is 38.3 Å². The van der Waals surface area contributed by atoms with Crippen molar-refractivity contribution in [1.82, 2.24) is 4.90 Å². The van der Waals surface area contributed by atoms with Gasteiger partial charge in [0.15, 0.2) is 11.5 Å². The van der Waals surface area contributed by atoms with Crippen molar-refractivity contribution >= 4 is 15.9 Å². The van der Waals surface area contributed by atoms with Gasteiger partial charge in [-0.3, -0.25) is 4.90 Å². The van der Waals surface area contributed by atoms with Crippen molar-refractivity contribution in [2.24, 2.45) is 11.7 Å². The molecule has 2 N–H and O–H groups in total. The summed E-state index contributed by atoms with van der Waals surface area (Å²) in [5.41, 5.74) is 7.15. The summed E-state index contributed by atoms with van der Waals surface area (Å²) in [5, 5.41) is 0. The van der Waals surface area contributed by atoms with Crippen LogP contribution >= 0.6 is 15.9 Å². The molecule has 2 atom stereocenters. The Morgan fingerprint density at radius 3 is 2.65 bits per heavy atom. The molecule has 1 saturated heterocycles. The van der Waals surface area contributed by atoms with E-state index in [1.807, 2.05) is 0 Å². The van der Waals surface area contributed by atoms with Crippen molar-refractivity contribution in [3.8, 4) is 11.5 Å². The molecule has 1 aromatic rings. The van der Waals surface area contributed by atoms with Crippen molar-refractivity contribution in [2.45, 2.75) is 44.2 Å². The minimum atomic E-state index is 0.323. The average Bonchev–Trinajstić information content (AvgIpc) is 3.16. The number of likely N-dealkylation sites (tertiary alicyclic amines) is 1. The summed E-state index contributed by atoms with van der Waals surface area (Å²) in [6, 6.07) is 4.74. The molecule has 23 heavy (non-hydrogen) atoms. The molecular formula is C18H27BrN2O2. The lowest BCUT2D eigenvalue weighted by molar-refractivity contribution is 0.199. The van der Waals surface area contributed by atoms with Crippen molar-refractivity contribution in [2.75, 3.05) is 27.2 Å². The Bertz CT molecular complexity index is 546. The number of rotatable bonds is 5. The van der Waals surface area contributed by atoms with E-state index in [-0.39, 0.29) is 0 Å². The standard InChI is InChI=1S/C18H27BrN2O2/c1-21-11-12(10-20)7-16(21)13-8-15(19)18(22-2)17(9-13)23-14-5-3-4-6-14/h8-9,12,14,16H,3-7,10-11,20H2,1-2H3. The summed E-state index contributed by atoms with van der Waals surface area (Å²) in [7, 11) is 3.88. The molecule has 0 radical (unpaired) electrons. The minimum Gasteiger partial charge on any atom is -0.492 e. The minimum absolute atomic E-state index is 0.323. The highest BCUT2D eigenvalue weighted by atomic mass is 79.9. The van der Waals surface area contributed by atoms with Gasteiger partial charge in [0, 0.05) is 12.6 Å². The fourth-order valence-corrected chi connectivity index (χ4v) is 4.54. The van der Waals surface area contributed by atoms with Crippen LogP contribution in [0.15, 0.2) is 16.6 Å². The van der Waals surface area contributed by atoms with E-state index in [1.54, 1.807) is 7.11 Å². The fourth-order valence-electron chi connectivity index (χ4n) is 3.92. The summed E-state index contributed by atoms with van der Waals surface area (Å²) in [5.74, 6) is 2.25. The summed E-state index contributed by atoms with van der Waals surface area (Å²) in [4.78, 5) is 2.39. The van der Waals surface area contributed by atoms with Crippen molar-refractivity contribution in [3.63, 3.8) is 0 Å². The van der Waals surface area contributed by atoms with Crippen LogP contribution in [0, 0.1) is 5.92 Å². The van der Waals surface area contributed by atoms with Crippen molar-refractivity contribution in [1.29, 1.82) is 0 Å². The molecule has 0 amide bonds. The maximum Gasteiger partial charge on any atom is 0.174 e. The maximum atomic E-state index is 6.27. The third-order valence-electron chi connectivity index (χ3n) is 5.18. The summed E-state index contributed by atoms with van der Waals surface area (Å²) in [6.45, 7) is 1.81. The molecule has 1 saturated carbocycles. The number of benzene rings is 1. The third-order valence-corrected chi connectivity index (χ3v) is 5.77. The molecule has 0 bridgehead atoms. The average molecular weight is 383 g/mol. The van der Waals surface area contributed by atoms with E-state index in [2.05, 4.69) is 40.0 Å². The number of nitrogens with two attached hydrogens (primary N) is 1. The van der Waals surface area contributed by atoms with Crippen LogP contribution in [0.3, 0.4) is 0 Å². The molecule has 1 aliphatic carbocycles. The third kappa shape index (κ3) is 3.67. The van der Waals surface area contributed by atoms with E-state index in [1.165, 1.54) is 18.4 Å². The van der Waals surface area contributed by atoms with Gasteiger partial charge in [0.2, 0.25) is 0 Å². The Hall–Kier alpha value is -0.780. The van der Waals surface area contributed by atoms with Crippen LogP contribution in [0.25, 0.3) is 0 Å². The summed E-state index contributed by atoms with van der Waals surface area (Å²) >= 11 is 3.66. The van der Waals surface area contributed by atoms with Crippen molar-refractivity contribution in [3.05, 3.63) is 22.2 Å².